The molecular formula is C28H29N3O4S2. The van der Waals surface area contributed by atoms with Gasteiger partial charge >= 0.3 is 0 Å². The average Bonchev–Trinajstić information content (AvgIpc) is 3.51. The highest BCUT2D eigenvalue weighted by Crippen LogP contribution is 2.36. The zero-order valence-corrected chi connectivity index (χ0v) is 22.6. The lowest BCUT2D eigenvalue weighted by molar-refractivity contribution is -0.137. The molecule has 2 aromatic carbocycles. The number of ether oxygens (including phenoxy) is 1. The molecule has 0 spiro atoms. The predicted octanol–water partition coefficient (Wildman–Crippen LogP) is 5.94. The van der Waals surface area contributed by atoms with Crippen molar-refractivity contribution in [3.63, 3.8) is 0 Å². The van der Waals surface area contributed by atoms with Crippen LogP contribution in [0.25, 0.3) is 0 Å². The van der Waals surface area contributed by atoms with E-state index in [0.717, 1.165) is 10.6 Å². The molecule has 1 aliphatic rings. The summed E-state index contributed by atoms with van der Waals surface area (Å²) in [5.74, 6) is -0.460. The highest BCUT2D eigenvalue weighted by Gasteiger charge is 2.38. The van der Waals surface area contributed by atoms with E-state index in [2.05, 4.69) is 24.5 Å². The van der Waals surface area contributed by atoms with Crippen molar-refractivity contribution in [2.45, 2.75) is 31.1 Å². The molecule has 1 aromatic heterocycles. The second kappa shape index (κ2) is 12.2. The summed E-state index contributed by atoms with van der Waals surface area (Å²) in [4.78, 5) is 41.9. The Kier molecular flexibility index (Phi) is 8.81. The topological polar surface area (TPSA) is 87.7 Å². The minimum atomic E-state index is -0.351. The molecule has 4 rings (SSSR count). The second-order valence-electron chi connectivity index (χ2n) is 8.77. The molecule has 0 aliphatic carbocycles. The van der Waals surface area contributed by atoms with E-state index >= 15 is 0 Å². The highest BCUT2D eigenvalue weighted by atomic mass is 32.2. The summed E-state index contributed by atoms with van der Waals surface area (Å²) in [7, 11) is 1.59. The Balaban J connectivity index is 1.54. The van der Waals surface area contributed by atoms with E-state index in [4.69, 9.17) is 4.74 Å². The van der Waals surface area contributed by atoms with Crippen molar-refractivity contribution < 1.29 is 19.1 Å². The predicted molar refractivity (Wildman–Crippen MR) is 149 cm³/mol. The van der Waals surface area contributed by atoms with Gasteiger partial charge in [-0.1, -0.05) is 43.8 Å². The van der Waals surface area contributed by atoms with Gasteiger partial charge in [0, 0.05) is 36.5 Å². The first-order valence-electron chi connectivity index (χ1n) is 12.0. The molecule has 0 atom stereocenters. The van der Waals surface area contributed by atoms with Gasteiger partial charge in [-0.05, 0) is 65.7 Å². The number of thiophene rings is 1. The van der Waals surface area contributed by atoms with E-state index in [1.807, 2.05) is 47.8 Å². The van der Waals surface area contributed by atoms with Crippen molar-refractivity contribution in [3.05, 3.63) is 87.1 Å². The fourth-order valence-electron chi connectivity index (χ4n) is 3.75. The number of amides is 3. The molecule has 2 heterocycles. The van der Waals surface area contributed by atoms with Crippen LogP contribution in [0.15, 0.2) is 81.5 Å². The van der Waals surface area contributed by atoms with E-state index in [9.17, 15) is 14.4 Å². The van der Waals surface area contributed by atoms with Gasteiger partial charge in [-0.3, -0.25) is 19.3 Å². The normalized spacial score (nSPS) is 13.6. The fourth-order valence-corrected chi connectivity index (χ4v) is 5.31. The molecule has 7 nitrogen and oxygen atoms in total. The SMILES string of the molecule is COCCCN1C(=O)C(Nc2ccc(C(C)C)cc2)=C(Sc2ccc(NC(=O)c3cccs3)cc2)C1=O. The van der Waals surface area contributed by atoms with Crippen LogP contribution in [0, 0.1) is 0 Å². The summed E-state index contributed by atoms with van der Waals surface area (Å²) in [6, 6.07) is 18.7. The van der Waals surface area contributed by atoms with Gasteiger partial charge in [-0.25, -0.2) is 0 Å². The molecule has 9 heteroatoms. The van der Waals surface area contributed by atoms with Gasteiger partial charge in [-0.15, -0.1) is 11.3 Å². The first kappa shape index (κ1) is 26.7. The molecule has 192 valence electrons. The maximum Gasteiger partial charge on any atom is 0.278 e. The van der Waals surface area contributed by atoms with Gasteiger partial charge in [0.1, 0.15) is 10.6 Å². The van der Waals surface area contributed by atoms with Crippen LogP contribution in [0.1, 0.15) is 41.4 Å². The number of benzene rings is 2. The first-order chi connectivity index (χ1) is 17.9. The van der Waals surface area contributed by atoms with Crippen LogP contribution in [0.3, 0.4) is 0 Å². The fraction of sp³-hybridized carbons (Fsp3) is 0.250. The summed E-state index contributed by atoms with van der Waals surface area (Å²) in [6.45, 7) is 4.98. The summed E-state index contributed by atoms with van der Waals surface area (Å²) >= 11 is 2.60. The van der Waals surface area contributed by atoms with E-state index in [0.29, 0.717) is 34.4 Å². The number of rotatable bonds is 11. The Morgan fingerprint density at radius 2 is 1.70 bits per heavy atom. The maximum absolute atomic E-state index is 13.3. The summed E-state index contributed by atoms with van der Waals surface area (Å²) < 4.78 is 5.10. The van der Waals surface area contributed by atoms with Crippen molar-refractivity contribution in [2.24, 2.45) is 0 Å². The van der Waals surface area contributed by atoms with E-state index in [-0.39, 0.29) is 30.0 Å². The monoisotopic (exact) mass is 535 g/mol. The number of methoxy groups -OCH3 is 1. The largest absolute Gasteiger partial charge is 0.385 e. The van der Waals surface area contributed by atoms with Crippen molar-refractivity contribution in [3.8, 4) is 0 Å². The molecule has 0 saturated heterocycles. The lowest BCUT2D eigenvalue weighted by Crippen LogP contribution is -2.33. The smallest absolute Gasteiger partial charge is 0.278 e. The van der Waals surface area contributed by atoms with Gasteiger partial charge in [-0.2, -0.15) is 0 Å². The van der Waals surface area contributed by atoms with Crippen molar-refractivity contribution in [2.75, 3.05) is 30.9 Å². The van der Waals surface area contributed by atoms with E-state index < -0.39 is 0 Å². The molecule has 0 fully saturated rings. The number of hydrogen-bond acceptors (Lipinski definition) is 7. The molecule has 2 N–H and O–H groups in total. The van der Waals surface area contributed by atoms with Crippen LogP contribution in [0.2, 0.25) is 0 Å². The Morgan fingerprint density at radius 1 is 1.00 bits per heavy atom. The van der Waals surface area contributed by atoms with Crippen LogP contribution in [0.5, 0.6) is 0 Å². The molecule has 3 amide bonds. The standard InChI is InChI=1S/C28H29N3O4S2/c1-18(2)19-7-9-20(10-8-19)29-24-25(28(34)31(27(24)33)15-5-16-35-3)37-22-13-11-21(12-14-22)30-26(32)23-6-4-17-36-23/h4,6-14,17-18,29H,5,15-16H2,1-3H3,(H,30,32). The molecule has 0 saturated carbocycles. The molecule has 0 radical (unpaired) electrons. The average molecular weight is 536 g/mol. The minimum absolute atomic E-state index is 0.170. The second-order valence-corrected chi connectivity index (χ2v) is 10.8. The lowest BCUT2D eigenvalue weighted by Gasteiger charge is -2.15. The number of carbonyl (C=O) groups is 3. The Labute approximate surface area is 224 Å². The van der Waals surface area contributed by atoms with Crippen LogP contribution in [0.4, 0.5) is 11.4 Å². The minimum Gasteiger partial charge on any atom is -0.385 e. The first-order valence-corrected chi connectivity index (χ1v) is 13.7. The Bertz CT molecular complexity index is 1280. The maximum atomic E-state index is 13.3. The van der Waals surface area contributed by atoms with E-state index in [1.54, 1.807) is 25.3 Å². The molecule has 3 aromatic rings. The third-order valence-electron chi connectivity index (χ3n) is 5.78. The summed E-state index contributed by atoms with van der Waals surface area (Å²) in [6.07, 6.45) is 0.556. The lowest BCUT2D eigenvalue weighted by atomic mass is 10.0. The van der Waals surface area contributed by atoms with Crippen molar-refractivity contribution in [1.82, 2.24) is 4.90 Å². The van der Waals surface area contributed by atoms with Crippen molar-refractivity contribution >= 4 is 52.2 Å². The van der Waals surface area contributed by atoms with Gasteiger partial charge in [0.2, 0.25) is 0 Å². The molecule has 1 aliphatic heterocycles. The van der Waals surface area contributed by atoms with Crippen molar-refractivity contribution in [1.29, 1.82) is 0 Å². The number of nitrogens with one attached hydrogen (secondary N) is 2. The van der Waals surface area contributed by atoms with Gasteiger partial charge in [0.25, 0.3) is 17.7 Å². The number of anilines is 2. The Morgan fingerprint density at radius 3 is 2.32 bits per heavy atom. The van der Waals surface area contributed by atoms with Crippen LogP contribution < -0.4 is 10.6 Å². The molecule has 37 heavy (non-hydrogen) atoms. The number of nitrogens with zero attached hydrogens (tertiary/aromatic N) is 1. The third kappa shape index (κ3) is 6.49. The van der Waals surface area contributed by atoms with Crippen LogP contribution in [-0.2, 0) is 14.3 Å². The van der Waals surface area contributed by atoms with Crippen LogP contribution >= 0.6 is 23.1 Å². The quantitative estimate of drug-likeness (QED) is 0.233. The zero-order valence-electron chi connectivity index (χ0n) is 20.9. The Hall–Kier alpha value is -3.40. The zero-order chi connectivity index (χ0) is 26.4. The summed E-state index contributed by atoms with van der Waals surface area (Å²) in [5.41, 5.74) is 2.84. The van der Waals surface area contributed by atoms with Crippen LogP contribution in [-0.4, -0.2) is 42.9 Å². The molecule has 0 unspecified atom stereocenters. The number of carbonyl (C=O) groups excluding carboxylic acids is 3. The molecule has 0 bridgehead atoms. The summed E-state index contributed by atoms with van der Waals surface area (Å²) in [5, 5.41) is 7.91. The van der Waals surface area contributed by atoms with Gasteiger partial charge in [0.05, 0.1) is 4.88 Å². The number of imide groups is 1. The van der Waals surface area contributed by atoms with Gasteiger partial charge < -0.3 is 15.4 Å². The number of hydrogen-bond donors (Lipinski definition) is 2. The van der Waals surface area contributed by atoms with Gasteiger partial charge in [0.15, 0.2) is 0 Å². The highest BCUT2D eigenvalue weighted by molar-refractivity contribution is 8.04. The number of thioether (sulfide) groups is 1. The third-order valence-corrected chi connectivity index (χ3v) is 7.74. The van der Waals surface area contributed by atoms with E-state index in [1.165, 1.54) is 33.6 Å². The molecular weight excluding hydrogens is 506 g/mol.